The Morgan fingerprint density at radius 2 is 1.22 bits per heavy atom. The number of allylic oxidation sites excluding steroid dienone is 1. The normalized spacial score (nSPS) is 9.89. The molecule has 0 spiro atoms. The van der Waals surface area contributed by atoms with Gasteiger partial charge in [0.1, 0.15) is 0 Å². The number of carbonyl (C=O) groups excluding carboxylic acids is 2. The number of unbranched alkanes of at least 4 members (excludes halogenated alkanes) is 2. The molecule has 104 valence electrons. The fourth-order valence-corrected chi connectivity index (χ4v) is 1.63. The highest BCUT2D eigenvalue weighted by Crippen LogP contribution is 2.14. The van der Waals surface area contributed by atoms with E-state index in [4.69, 9.17) is 0 Å². The predicted molar refractivity (Wildman–Crippen MR) is 70.1 cm³/mol. The van der Waals surface area contributed by atoms with Crippen molar-refractivity contribution in [1.82, 2.24) is 0 Å². The van der Waals surface area contributed by atoms with Crippen molar-refractivity contribution in [3.8, 4) is 0 Å². The van der Waals surface area contributed by atoms with Crippen molar-refractivity contribution < 1.29 is 19.1 Å². The summed E-state index contributed by atoms with van der Waals surface area (Å²) >= 11 is 0. The second-order valence-corrected chi connectivity index (χ2v) is 4.32. The van der Waals surface area contributed by atoms with E-state index in [9.17, 15) is 9.59 Å². The van der Waals surface area contributed by atoms with Crippen LogP contribution < -0.4 is 0 Å². The van der Waals surface area contributed by atoms with Crippen molar-refractivity contribution in [2.45, 2.75) is 51.4 Å². The first kappa shape index (κ1) is 16.7. The molecule has 0 amide bonds. The van der Waals surface area contributed by atoms with E-state index in [1.165, 1.54) is 14.2 Å². The first-order valence-electron chi connectivity index (χ1n) is 6.40. The van der Waals surface area contributed by atoms with Crippen molar-refractivity contribution in [2.24, 2.45) is 0 Å². The maximum absolute atomic E-state index is 10.9. The number of hydrogen-bond acceptors (Lipinski definition) is 4. The molecule has 0 aliphatic rings. The quantitative estimate of drug-likeness (QED) is 0.342. The van der Waals surface area contributed by atoms with Crippen LogP contribution >= 0.6 is 0 Å². The Bertz CT molecular complexity index is 271. The Hall–Kier alpha value is -1.32. The number of ether oxygens (including phenoxy) is 2. The molecule has 0 fully saturated rings. The van der Waals surface area contributed by atoms with Crippen molar-refractivity contribution >= 4 is 11.9 Å². The highest BCUT2D eigenvalue weighted by atomic mass is 16.5. The Kier molecular flexibility index (Phi) is 10.0. The molecule has 0 saturated heterocycles. The summed E-state index contributed by atoms with van der Waals surface area (Å²) in [6.07, 6.45) is 6.48. The van der Waals surface area contributed by atoms with Crippen LogP contribution in [0.2, 0.25) is 0 Å². The highest BCUT2D eigenvalue weighted by molar-refractivity contribution is 5.69. The van der Waals surface area contributed by atoms with Crippen LogP contribution in [-0.4, -0.2) is 26.2 Å². The fourth-order valence-electron chi connectivity index (χ4n) is 1.63. The van der Waals surface area contributed by atoms with Crippen LogP contribution in [0.4, 0.5) is 0 Å². The Balaban J connectivity index is 3.37. The van der Waals surface area contributed by atoms with Crippen LogP contribution in [0.1, 0.15) is 51.4 Å². The van der Waals surface area contributed by atoms with Crippen LogP contribution in [0.15, 0.2) is 12.2 Å². The minimum absolute atomic E-state index is 0.146. The summed E-state index contributed by atoms with van der Waals surface area (Å²) in [6.45, 7) is 3.98. The molecule has 4 nitrogen and oxygen atoms in total. The predicted octanol–water partition coefficient (Wildman–Crippen LogP) is 3.01. The highest BCUT2D eigenvalue weighted by Gasteiger charge is 2.02. The molecule has 0 atom stereocenters. The van der Waals surface area contributed by atoms with Gasteiger partial charge >= 0.3 is 11.9 Å². The minimum atomic E-state index is -0.166. The van der Waals surface area contributed by atoms with Gasteiger partial charge in [-0.1, -0.05) is 18.6 Å². The van der Waals surface area contributed by atoms with Crippen molar-refractivity contribution in [2.75, 3.05) is 14.2 Å². The second kappa shape index (κ2) is 10.8. The number of hydrogen-bond donors (Lipinski definition) is 0. The van der Waals surface area contributed by atoms with Crippen LogP contribution in [0.25, 0.3) is 0 Å². The maximum atomic E-state index is 10.9. The van der Waals surface area contributed by atoms with Crippen molar-refractivity contribution in [1.29, 1.82) is 0 Å². The lowest BCUT2D eigenvalue weighted by molar-refractivity contribution is -0.141. The second-order valence-electron chi connectivity index (χ2n) is 4.32. The molecule has 0 unspecified atom stereocenters. The van der Waals surface area contributed by atoms with Crippen LogP contribution in [0.3, 0.4) is 0 Å². The topological polar surface area (TPSA) is 52.6 Å². The van der Waals surface area contributed by atoms with Crippen molar-refractivity contribution in [3.63, 3.8) is 0 Å². The summed E-state index contributed by atoms with van der Waals surface area (Å²) in [7, 11) is 2.81. The molecule has 0 radical (unpaired) electrons. The Morgan fingerprint density at radius 3 is 1.78 bits per heavy atom. The summed E-state index contributed by atoms with van der Waals surface area (Å²) in [6, 6.07) is 0. The van der Waals surface area contributed by atoms with E-state index in [-0.39, 0.29) is 11.9 Å². The lowest BCUT2D eigenvalue weighted by atomic mass is 10.0. The molecule has 0 bridgehead atoms. The summed E-state index contributed by atoms with van der Waals surface area (Å²) in [5.74, 6) is -0.312. The van der Waals surface area contributed by atoms with E-state index < -0.39 is 0 Å². The fraction of sp³-hybridized carbons (Fsp3) is 0.714. The smallest absolute Gasteiger partial charge is 0.305 e. The van der Waals surface area contributed by atoms with Gasteiger partial charge in [-0.2, -0.15) is 0 Å². The Morgan fingerprint density at radius 1 is 0.778 bits per heavy atom. The molecule has 0 aromatic rings. The Labute approximate surface area is 109 Å². The average Bonchev–Trinajstić information content (AvgIpc) is 2.37. The van der Waals surface area contributed by atoms with Gasteiger partial charge in [0.15, 0.2) is 0 Å². The first-order chi connectivity index (χ1) is 8.60. The maximum Gasteiger partial charge on any atom is 0.305 e. The third-order valence-electron chi connectivity index (χ3n) is 2.78. The average molecular weight is 256 g/mol. The molecule has 0 aliphatic carbocycles. The molecule has 18 heavy (non-hydrogen) atoms. The van der Waals surface area contributed by atoms with E-state index in [2.05, 4.69) is 16.1 Å². The lowest BCUT2D eigenvalue weighted by Gasteiger charge is -2.05. The van der Waals surface area contributed by atoms with E-state index in [0.29, 0.717) is 12.8 Å². The molecule has 0 saturated carbocycles. The van der Waals surface area contributed by atoms with E-state index >= 15 is 0 Å². The van der Waals surface area contributed by atoms with Gasteiger partial charge in [-0.25, -0.2) is 0 Å². The number of rotatable bonds is 10. The summed E-state index contributed by atoms with van der Waals surface area (Å²) in [5.41, 5.74) is 1.16. The zero-order chi connectivity index (χ0) is 13.8. The third-order valence-corrected chi connectivity index (χ3v) is 2.78. The number of carbonyl (C=O) groups is 2. The molecule has 0 rings (SSSR count). The molecule has 0 aromatic heterocycles. The molecule has 0 aromatic carbocycles. The van der Waals surface area contributed by atoms with Gasteiger partial charge in [-0.3, -0.25) is 9.59 Å². The summed E-state index contributed by atoms with van der Waals surface area (Å²) in [4.78, 5) is 21.7. The number of esters is 2. The SMILES string of the molecule is C=C(CCCCCC(=O)OC)CCCC(=O)OC. The third kappa shape index (κ3) is 9.87. The van der Waals surface area contributed by atoms with Gasteiger partial charge in [0.25, 0.3) is 0 Å². The molecular weight excluding hydrogens is 232 g/mol. The molecule has 0 aliphatic heterocycles. The monoisotopic (exact) mass is 256 g/mol. The molecule has 0 heterocycles. The van der Waals surface area contributed by atoms with E-state index in [1.807, 2.05) is 0 Å². The summed E-state index contributed by atoms with van der Waals surface area (Å²) < 4.78 is 9.13. The van der Waals surface area contributed by atoms with Gasteiger partial charge in [0.2, 0.25) is 0 Å². The van der Waals surface area contributed by atoms with Crippen LogP contribution in [0, 0.1) is 0 Å². The first-order valence-corrected chi connectivity index (χ1v) is 6.40. The van der Waals surface area contributed by atoms with Gasteiger partial charge in [0.05, 0.1) is 14.2 Å². The van der Waals surface area contributed by atoms with Gasteiger partial charge < -0.3 is 9.47 Å². The van der Waals surface area contributed by atoms with E-state index in [1.54, 1.807) is 0 Å². The zero-order valence-corrected chi connectivity index (χ0v) is 11.5. The van der Waals surface area contributed by atoms with Gasteiger partial charge in [-0.05, 0) is 32.1 Å². The molecule has 4 heteroatoms. The van der Waals surface area contributed by atoms with Gasteiger partial charge in [0, 0.05) is 12.8 Å². The molecule has 0 N–H and O–H groups in total. The largest absolute Gasteiger partial charge is 0.469 e. The van der Waals surface area contributed by atoms with Gasteiger partial charge in [-0.15, -0.1) is 0 Å². The standard InChI is InChI=1S/C14H24O4/c1-12(9-7-11-14(16)18-3)8-5-4-6-10-13(15)17-2/h1,4-11H2,2-3H3. The van der Waals surface area contributed by atoms with Crippen molar-refractivity contribution in [3.05, 3.63) is 12.2 Å². The minimum Gasteiger partial charge on any atom is -0.469 e. The van der Waals surface area contributed by atoms with Crippen LogP contribution in [-0.2, 0) is 19.1 Å². The lowest BCUT2D eigenvalue weighted by Crippen LogP contribution is -2.00. The molecular formula is C14H24O4. The zero-order valence-electron chi connectivity index (χ0n) is 11.5. The van der Waals surface area contributed by atoms with Crippen LogP contribution in [0.5, 0.6) is 0 Å². The van der Waals surface area contributed by atoms with E-state index in [0.717, 1.165) is 44.1 Å². The number of methoxy groups -OCH3 is 2. The summed E-state index contributed by atoms with van der Waals surface area (Å²) in [5, 5.41) is 0.